The zero-order valence-corrected chi connectivity index (χ0v) is 22.3. The molecule has 3 rings (SSSR count). The maximum Gasteiger partial charge on any atom is 0.397 e. The van der Waals surface area contributed by atoms with Crippen molar-refractivity contribution in [1.82, 2.24) is 0 Å². The predicted octanol–water partition coefficient (Wildman–Crippen LogP) is 2.35. The van der Waals surface area contributed by atoms with Gasteiger partial charge in [-0.05, 0) is 47.9 Å². The van der Waals surface area contributed by atoms with Crippen molar-refractivity contribution in [3.63, 3.8) is 0 Å². The molecule has 0 unspecified atom stereocenters. The monoisotopic (exact) mass is 610 g/mol. The van der Waals surface area contributed by atoms with Crippen molar-refractivity contribution < 1.29 is 56.2 Å². The highest BCUT2D eigenvalue weighted by atomic mass is 32.3. The average Bonchev–Trinajstić information content (AvgIpc) is 2.79. The van der Waals surface area contributed by atoms with Gasteiger partial charge in [0, 0.05) is 5.39 Å². The summed E-state index contributed by atoms with van der Waals surface area (Å²) in [4.78, 5) is -1.58. The van der Waals surface area contributed by atoms with Gasteiger partial charge < -0.3 is 4.74 Å². The van der Waals surface area contributed by atoms with E-state index in [0.29, 0.717) is 0 Å². The molecule has 3 N–H and O–H groups in total. The Balaban J connectivity index is 2.11. The van der Waals surface area contributed by atoms with Gasteiger partial charge in [-0.3, -0.25) is 13.7 Å². The smallest absolute Gasteiger partial charge is 0.397 e. The predicted molar refractivity (Wildman–Crippen MR) is 130 cm³/mol. The minimum atomic E-state index is -4.86. The molecule has 0 aromatic heterocycles. The van der Waals surface area contributed by atoms with Crippen LogP contribution in [-0.4, -0.2) is 66.8 Å². The number of ether oxygens (including phenoxy) is 1. The normalized spacial score (nSPS) is 13.3. The van der Waals surface area contributed by atoms with Gasteiger partial charge in [0.2, 0.25) is 0 Å². The fourth-order valence-corrected chi connectivity index (χ4v) is 5.67. The van der Waals surface area contributed by atoms with Crippen molar-refractivity contribution in [1.29, 1.82) is 0 Å². The van der Waals surface area contributed by atoms with Crippen LogP contribution < -0.4 is 4.74 Å². The second-order valence-corrected chi connectivity index (χ2v) is 13.4. The number of hydrogen-bond donors (Lipinski definition) is 3. The first-order chi connectivity index (χ1) is 17.4. The maximum atomic E-state index is 12.6. The van der Waals surface area contributed by atoms with Crippen molar-refractivity contribution in [2.24, 2.45) is 10.2 Å². The summed E-state index contributed by atoms with van der Waals surface area (Å²) >= 11 is 0. The van der Waals surface area contributed by atoms with Crippen LogP contribution in [0.3, 0.4) is 0 Å². The zero-order valence-electron chi connectivity index (χ0n) is 19.0. The lowest BCUT2D eigenvalue weighted by atomic mass is 10.1. The molecule has 0 saturated heterocycles. The molecular formula is C19H18N2O13S4. The van der Waals surface area contributed by atoms with E-state index in [9.17, 15) is 42.8 Å². The highest BCUT2D eigenvalue weighted by Gasteiger charge is 2.20. The minimum absolute atomic E-state index is 0.0331. The Labute approximate surface area is 217 Å². The molecule has 19 heteroatoms. The lowest BCUT2D eigenvalue weighted by molar-refractivity contribution is 0.284. The molecular weight excluding hydrogens is 592 g/mol. The molecule has 3 aromatic carbocycles. The summed E-state index contributed by atoms with van der Waals surface area (Å²) in [5, 5.41) is 7.93. The van der Waals surface area contributed by atoms with Crippen LogP contribution in [0.4, 0.5) is 11.4 Å². The van der Waals surface area contributed by atoms with Crippen molar-refractivity contribution in [2.75, 3.05) is 19.5 Å². The van der Waals surface area contributed by atoms with Gasteiger partial charge in [-0.2, -0.15) is 25.3 Å². The highest BCUT2D eigenvalue weighted by Crippen LogP contribution is 2.36. The Kier molecular flexibility index (Phi) is 8.24. The van der Waals surface area contributed by atoms with E-state index in [0.717, 1.165) is 36.4 Å². The van der Waals surface area contributed by atoms with Crippen LogP contribution in [0.15, 0.2) is 73.4 Å². The molecule has 0 saturated carbocycles. The highest BCUT2D eigenvalue weighted by molar-refractivity contribution is 7.91. The average molecular weight is 611 g/mol. The molecule has 3 aromatic rings. The molecule has 0 atom stereocenters. The van der Waals surface area contributed by atoms with Gasteiger partial charge in [0.25, 0.3) is 20.2 Å². The summed E-state index contributed by atoms with van der Waals surface area (Å²) in [6.45, 7) is -0.871. The first-order valence-electron chi connectivity index (χ1n) is 9.88. The number of fused-ring (bicyclic) bond motifs is 1. The number of benzene rings is 3. The van der Waals surface area contributed by atoms with E-state index in [1.807, 2.05) is 0 Å². The standard InChI is InChI=1S/C19H18N2O13S4/c1-33-19-5-3-13(35(22,23)7-6-34-38(30,31)32)10-18(19)21-20-17-11-15(37(27,28)29)9-12-8-14(36(24,25)26)2-4-16(12)17/h2-5,8-11H,6-7H2,1H3,(H,24,25,26)(H,27,28,29)(H,30,31,32). The molecule has 0 aliphatic rings. The third-order valence-corrected chi connectivity index (χ3v) is 8.65. The van der Waals surface area contributed by atoms with Crippen molar-refractivity contribution in [2.45, 2.75) is 14.7 Å². The number of azo groups is 1. The molecule has 0 amide bonds. The fraction of sp³-hybridized carbons (Fsp3) is 0.158. The van der Waals surface area contributed by atoms with Crippen LogP contribution in [-0.2, 0) is 44.7 Å². The van der Waals surface area contributed by atoms with E-state index in [2.05, 4.69) is 14.4 Å². The third kappa shape index (κ3) is 7.29. The van der Waals surface area contributed by atoms with Crippen LogP contribution in [0, 0.1) is 0 Å². The molecule has 0 spiro atoms. The second kappa shape index (κ2) is 10.6. The van der Waals surface area contributed by atoms with E-state index in [-0.39, 0.29) is 32.8 Å². The van der Waals surface area contributed by atoms with Gasteiger partial charge >= 0.3 is 10.4 Å². The minimum Gasteiger partial charge on any atom is -0.494 e. The Bertz CT molecular complexity index is 1860. The molecule has 206 valence electrons. The first kappa shape index (κ1) is 29.5. The number of hydrogen-bond acceptors (Lipinski definition) is 12. The molecule has 0 bridgehead atoms. The van der Waals surface area contributed by atoms with E-state index >= 15 is 0 Å². The molecule has 0 heterocycles. The second-order valence-electron chi connectivity index (χ2n) is 7.38. The maximum absolute atomic E-state index is 12.6. The lowest BCUT2D eigenvalue weighted by Crippen LogP contribution is -2.15. The molecule has 0 fully saturated rings. The quantitative estimate of drug-likeness (QED) is 0.221. The zero-order chi connectivity index (χ0) is 28.5. The van der Waals surface area contributed by atoms with Crippen LogP contribution in [0.25, 0.3) is 10.8 Å². The Morgan fingerprint density at radius 1 is 0.711 bits per heavy atom. The summed E-state index contributed by atoms with van der Waals surface area (Å²) in [7, 11) is -17.2. The van der Waals surface area contributed by atoms with Gasteiger partial charge in [0.15, 0.2) is 9.84 Å². The largest absolute Gasteiger partial charge is 0.494 e. The van der Waals surface area contributed by atoms with Crippen molar-refractivity contribution in [3.8, 4) is 5.75 Å². The van der Waals surface area contributed by atoms with E-state index in [4.69, 9.17) is 9.29 Å². The van der Waals surface area contributed by atoms with Crippen LogP contribution in [0.5, 0.6) is 5.75 Å². The molecule has 15 nitrogen and oxygen atoms in total. The lowest BCUT2D eigenvalue weighted by Gasteiger charge is -2.09. The SMILES string of the molecule is COc1ccc(S(=O)(=O)CCOS(=O)(=O)O)cc1N=Nc1cc(S(=O)(=O)O)cc2cc(S(=O)(=O)O)ccc12. The van der Waals surface area contributed by atoms with Crippen molar-refractivity contribution >= 4 is 62.6 Å². The number of sulfone groups is 1. The van der Waals surface area contributed by atoms with E-state index < -0.39 is 62.6 Å². The van der Waals surface area contributed by atoms with Gasteiger partial charge in [0.1, 0.15) is 11.4 Å². The number of rotatable bonds is 10. The Morgan fingerprint density at radius 3 is 1.84 bits per heavy atom. The van der Waals surface area contributed by atoms with Gasteiger partial charge in [0.05, 0.1) is 39.8 Å². The van der Waals surface area contributed by atoms with E-state index in [1.165, 1.54) is 19.2 Å². The molecule has 38 heavy (non-hydrogen) atoms. The molecule has 0 aliphatic heterocycles. The molecule has 0 radical (unpaired) electrons. The summed E-state index contributed by atoms with van der Waals surface area (Å²) < 4.78 is 129. The summed E-state index contributed by atoms with van der Waals surface area (Å²) in [5.74, 6) is -0.793. The third-order valence-electron chi connectivity index (χ3n) is 4.83. The first-order valence-corrected chi connectivity index (χ1v) is 15.8. The van der Waals surface area contributed by atoms with Crippen molar-refractivity contribution in [3.05, 3.63) is 48.5 Å². The summed E-state index contributed by atoms with van der Waals surface area (Å²) in [5.41, 5.74) is -0.349. The fourth-order valence-electron chi connectivity index (χ4n) is 3.11. The summed E-state index contributed by atoms with van der Waals surface area (Å²) in [6, 6.07) is 8.41. The number of nitrogens with zero attached hydrogens (tertiary/aromatic N) is 2. The van der Waals surface area contributed by atoms with Crippen LogP contribution in [0.2, 0.25) is 0 Å². The van der Waals surface area contributed by atoms with Gasteiger partial charge in [-0.15, -0.1) is 10.2 Å². The van der Waals surface area contributed by atoms with E-state index in [1.54, 1.807) is 0 Å². The topological polar surface area (TPSA) is 240 Å². The summed E-state index contributed by atoms with van der Waals surface area (Å²) in [6.07, 6.45) is 0. The van der Waals surface area contributed by atoms with Crippen LogP contribution in [0.1, 0.15) is 0 Å². The van der Waals surface area contributed by atoms with Gasteiger partial charge in [-0.1, -0.05) is 6.07 Å². The van der Waals surface area contributed by atoms with Crippen LogP contribution >= 0.6 is 0 Å². The van der Waals surface area contributed by atoms with Gasteiger partial charge in [-0.25, -0.2) is 12.6 Å². The Hall–Kier alpha value is -3.04. The Morgan fingerprint density at radius 2 is 1.26 bits per heavy atom. The number of methoxy groups -OCH3 is 1. The molecule has 0 aliphatic carbocycles.